The van der Waals surface area contributed by atoms with Gasteiger partial charge in [-0.1, -0.05) is 18.2 Å². The number of allylic oxidation sites excluding steroid dienone is 1. The molecule has 0 spiro atoms. The van der Waals surface area contributed by atoms with Gasteiger partial charge in [0.2, 0.25) is 0 Å². The van der Waals surface area contributed by atoms with E-state index in [9.17, 15) is 4.79 Å². The van der Waals surface area contributed by atoms with Gasteiger partial charge >= 0.3 is 5.97 Å². The van der Waals surface area contributed by atoms with Crippen molar-refractivity contribution in [2.24, 2.45) is 0 Å². The smallest absolute Gasteiger partial charge is 0.333 e. The SMILES string of the molecule is C=C(CCO)CCOC(=O)C(C)=CC. The molecule has 0 rings (SSSR count). The van der Waals surface area contributed by atoms with Crippen LogP contribution in [0.25, 0.3) is 0 Å². The number of carbonyl (C=O) groups excluding carboxylic acids is 1. The van der Waals surface area contributed by atoms with Crippen LogP contribution < -0.4 is 0 Å². The van der Waals surface area contributed by atoms with Crippen molar-refractivity contribution in [3.8, 4) is 0 Å². The van der Waals surface area contributed by atoms with Gasteiger partial charge in [0, 0.05) is 18.6 Å². The van der Waals surface area contributed by atoms with Crippen molar-refractivity contribution in [3.63, 3.8) is 0 Å². The normalized spacial score (nSPS) is 11.2. The Balaban J connectivity index is 3.64. The monoisotopic (exact) mass is 198 g/mol. The Labute approximate surface area is 85.1 Å². The van der Waals surface area contributed by atoms with Gasteiger partial charge in [-0.15, -0.1) is 0 Å². The van der Waals surface area contributed by atoms with E-state index in [1.54, 1.807) is 19.9 Å². The summed E-state index contributed by atoms with van der Waals surface area (Å²) < 4.78 is 4.96. The molecule has 0 bridgehead atoms. The zero-order chi connectivity index (χ0) is 11.0. The van der Waals surface area contributed by atoms with Gasteiger partial charge in [0.25, 0.3) is 0 Å². The molecule has 0 saturated carbocycles. The molecule has 0 aromatic rings. The number of carbonyl (C=O) groups is 1. The van der Waals surface area contributed by atoms with Crippen LogP contribution in [0.4, 0.5) is 0 Å². The first-order chi connectivity index (χ1) is 6.61. The Morgan fingerprint density at radius 1 is 1.50 bits per heavy atom. The van der Waals surface area contributed by atoms with Crippen LogP contribution >= 0.6 is 0 Å². The molecule has 3 nitrogen and oxygen atoms in total. The molecule has 14 heavy (non-hydrogen) atoms. The van der Waals surface area contributed by atoms with E-state index in [0.717, 1.165) is 5.57 Å². The first-order valence-corrected chi connectivity index (χ1v) is 4.69. The maximum Gasteiger partial charge on any atom is 0.333 e. The summed E-state index contributed by atoms with van der Waals surface area (Å²) in [5.41, 5.74) is 1.51. The Kier molecular flexibility index (Phi) is 6.76. The van der Waals surface area contributed by atoms with E-state index in [1.807, 2.05) is 0 Å². The molecule has 80 valence electrons. The van der Waals surface area contributed by atoms with Crippen molar-refractivity contribution >= 4 is 5.97 Å². The molecule has 0 heterocycles. The number of hydrogen-bond donors (Lipinski definition) is 1. The second kappa shape index (κ2) is 7.33. The number of rotatable bonds is 6. The molecule has 0 fully saturated rings. The molecule has 0 amide bonds. The van der Waals surface area contributed by atoms with Crippen molar-refractivity contribution in [1.29, 1.82) is 0 Å². The minimum atomic E-state index is -0.288. The topological polar surface area (TPSA) is 46.5 Å². The highest BCUT2D eigenvalue weighted by Crippen LogP contribution is 2.04. The summed E-state index contributed by atoms with van der Waals surface area (Å²) in [5.74, 6) is -0.288. The highest BCUT2D eigenvalue weighted by Gasteiger charge is 2.03. The minimum absolute atomic E-state index is 0.0979. The van der Waals surface area contributed by atoms with Gasteiger partial charge in [0.1, 0.15) is 0 Å². The predicted molar refractivity (Wildman–Crippen MR) is 55.8 cm³/mol. The van der Waals surface area contributed by atoms with Crippen LogP contribution in [0.15, 0.2) is 23.8 Å². The van der Waals surface area contributed by atoms with Crippen LogP contribution in [-0.4, -0.2) is 24.3 Å². The number of hydrogen-bond acceptors (Lipinski definition) is 3. The van der Waals surface area contributed by atoms with Gasteiger partial charge in [-0.25, -0.2) is 4.79 Å². The first kappa shape index (κ1) is 12.9. The standard InChI is InChI=1S/C11H18O3/c1-4-10(3)11(13)14-8-6-9(2)5-7-12/h4,12H,2,5-8H2,1,3H3. The van der Waals surface area contributed by atoms with Gasteiger partial charge in [-0.3, -0.25) is 0 Å². The van der Waals surface area contributed by atoms with Crippen LogP contribution in [0.2, 0.25) is 0 Å². The highest BCUT2D eigenvalue weighted by atomic mass is 16.5. The van der Waals surface area contributed by atoms with Crippen molar-refractivity contribution < 1.29 is 14.6 Å². The summed E-state index contributed by atoms with van der Waals surface area (Å²) >= 11 is 0. The zero-order valence-corrected chi connectivity index (χ0v) is 8.88. The molecule has 0 aromatic heterocycles. The number of aliphatic hydroxyl groups excluding tert-OH is 1. The number of ether oxygens (including phenoxy) is 1. The fraction of sp³-hybridized carbons (Fsp3) is 0.545. The molecule has 0 aliphatic carbocycles. The Morgan fingerprint density at radius 2 is 2.14 bits per heavy atom. The Hall–Kier alpha value is -1.09. The first-order valence-electron chi connectivity index (χ1n) is 4.69. The third-order valence-electron chi connectivity index (χ3n) is 1.91. The van der Waals surface area contributed by atoms with Crippen molar-refractivity contribution in [2.45, 2.75) is 26.7 Å². The largest absolute Gasteiger partial charge is 0.462 e. The van der Waals surface area contributed by atoms with E-state index in [-0.39, 0.29) is 12.6 Å². The third-order valence-corrected chi connectivity index (χ3v) is 1.91. The molecule has 3 heteroatoms. The summed E-state index contributed by atoms with van der Waals surface area (Å²) in [6, 6.07) is 0. The maximum atomic E-state index is 11.1. The van der Waals surface area contributed by atoms with Gasteiger partial charge in [0.05, 0.1) is 6.61 Å². The van der Waals surface area contributed by atoms with Crippen LogP contribution in [0, 0.1) is 0 Å². The highest BCUT2D eigenvalue weighted by molar-refractivity contribution is 5.87. The fourth-order valence-electron chi connectivity index (χ4n) is 0.803. The van der Waals surface area contributed by atoms with E-state index in [4.69, 9.17) is 9.84 Å². The molecule has 0 aliphatic heterocycles. The van der Waals surface area contributed by atoms with E-state index >= 15 is 0 Å². The van der Waals surface area contributed by atoms with Crippen LogP contribution in [-0.2, 0) is 9.53 Å². The molecule has 1 N–H and O–H groups in total. The average molecular weight is 198 g/mol. The Morgan fingerprint density at radius 3 is 2.64 bits per heavy atom. The van der Waals surface area contributed by atoms with E-state index in [1.165, 1.54) is 0 Å². The van der Waals surface area contributed by atoms with E-state index in [2.05, 4.69) is 6.58 Å². The second-order valence-corrected chi connectivity index (χ2v) is 3.08. The fourth-order valence-corrected chi connectivity index (χ4v) is 0.803. The van der Waals surface area contributed by atoms with Crippen molar-refractivity contribution in [3.05, 3.63) is 23.8 Å². The third kappa shape index (κ3) is 5.54. The molecule has 0 aromatic carbocycles. The van der Waals surface area contributed by atoms with Crippen LogP contribution in [0.3, 0.4) is 0 Å². The maximum absolute atomic E-state index is 11.1. The molecular formula is C11H18O3. The van der Waals surface area contributed by atoms with Crippen molar-refractivity contribution in [2.75, 3.05) is 13.2 Å². The summed E-state index contributed by atoms with van der Waals surface area (Å²) in [6.45, 7) is 7.68. The molecular weight excluding hydrogens is 180 g/mol. The molecule has 0 aliphatic rings. The van der Waals surface area contributed by atoms with Gasteiger partial charge in [-0.05, 0) is 20.3 Å². The van der Waals surface area contributed by atoms with E-state index < -0.39 is 0 Å². The summed E-state index contributed by atoms with van der Waals surface area (Å²) in [6.07, 6.45) is 2.90. The summed E-state index contributed by atoms with van der Waals surface area (Å²) in [7, 11) is 0. The van der Waals surface area contributed by atoms with Gasteiger partial charge in [0.15, 0.2) is 0 Å². The van der Waals surface area contributed by atoms with E-state index in [0.29, 0.717) is 25.0 Å². The quantitative estimate of drug-likeness (QED) is 0.402. The molecule has 0 radical (unpaired) electrons. The number of aliphatic hydroxyl groups is 1. The lowest BCUT2D eigenvalue weighted by molar-refractivity contribution is -0.138. The van der Waals surface area contributed by atoms with Crippen LogP contribution in [0.1, 0.15) is 26.7 Å². The Bertz CT molecular complexity index is 229. The predicted octanol–water partition coefficient (Wildman–Crippen LogP) is 1.82. The summed E-state index contributed by atoms with van der Waals surface area (Å²) in [4.78, 5) is 11.1. The van der Waals surface area contributed by atoms with Crippen LogP contribution in [0.5, 0.6) is 0 Å². The van der Waals surface area contributed by atoms with Gasteiger partial charge < -0.3 is 9.84 Å². The van der Waals surface area contributed by atoms with Crippen molar-refractivity contribution in [1.82, 2.24) is 0 Å². The lowest BCUT2D eigenvalue weighted by atomic mass is 10.2. The lowest BCUT2D eigenvalue weighted by Crippen LogP contribution is -2.07. The van der Waals surface area contributed by atoms with Gasteiger partial charge in [-0.2, -0.15) is 0 Å². The molecule has 0 atom stereocenters. The minimum Gasteiger partial charge on any atom is -0.462 e. The average Bonchev–Trinajstić information content (AvgIpc) is 2.16. The lowest BCUT2D eigenvalue weighted by Gasteiger charge is -2.05. The number of esters is 1. The molecule has 0 unspecified atom stereocenters. The second-order valence-electron chi connectivity index (χ2n) is 3.08. The zero-order valence-electron chi connectivity index (χ0n) is 8.88. The molecule has 0 saturated heterocycles. The summed E-state index contributed by atoms with van der Waals surface area (Å²) in [5, 5.41) is 8.59.